The molecule has 0 bridgehead atoms. The minimum Gasteiger partial charge on any atom is -0.491 e. The number of carbonyl (C=O) groups excluding carboxylic acids is 1. The topological polar surface area (TPSA) is 59.4 Å². The van der Waals surface area contributed by atoms with Gasteiger partial charge in [-0.05, 0) is 57.2 Å². The minimum atomic E-state index is 0.163. The van der Waals surface area contributed by atoms with Crippen LogP contribution < -0.4 is 10.1 Å². The Balaban J connectivity index is 1.28. The van der Waals surface area contributed by atoms with Crippen molar-refractivity contribution < 1.29 is 9.53 Å². The van der Waals surface area contributed by atoms with Gasteiger partial charge in [-0.2, -0.15) is 5.10 Å². The van der Waals surface area contributed by atoms with Gasteiger partial charge in [0.05, 0.1) is 18.3 Å². The molecule has 1 amide bonds. The molecule has 4 rings (SSSR count). The van der Waals surface area contributed by atoms with Crippen molar-refractivity contribution in [2.45, 2.75) is 71.1 Å². The third-order valence-electron chi connectivity index (χ3n) is 6.25. The number of amides is 1. The molecule has 2 aliphatic rings. The van der Waals surface area contributed by atoms with Crippen molar-refractivity contribution in [2.24, 2.45) is 5.92 Å². The summed E-state index contributed by atoms with van der Waals surface area (Å²) in [6.07, 6.45) is 8.46. The molecule has 1 aromatic carbocycles. The number of rotatable bonds is 7. The lowest BCUT2D eigenvalue weighted by Crippen LogP contribution is -2.35. The first-order valence-corrected chi connectivity index (χ1v) is 11.4. The van der Waals surface area contributed by atoms with E-state index >= 15 is 0 Å². The predicted molar refractivity (Wildman–Crippen MR) is 119 cm³/mol. The number of likely N-dealkylation sites (tertiary alicyclic amines) is 1. The molecule has 0 unspecified atom stereocenters. The second-order valence-electron chi connectivity index (χ2n) is 8.95. The molecule has 1 aliphatic heterocycles. The molecule has 2 heterocycles. The lowest BCUT2D eigenvalue weighted by molar-refractivity contribution is -0.119. The largest absolute Gasteiger partial charge is 0.491 e. The Morgan fingerprint density at radius 2 is 1.80 bits per heavy atom. The SMILES string of the molecule is CC(C)Oc1ccc(CN2CCC(n3nccc3NC(=O)C3CCCC3)CC2)cc1. The van der Waals surface area contributed by atoms with Gasteiger partial charge in [0.2, 0.25) is 5.91 Å². The van der Waals surface area contributed by atoms with E-state index in [2.05, 4.69) is 39.6 Å². The van der Waals surface area contributed by atoms with Crippen LogP contribution in [0, 0.1) is 5.92 Å². The molecule has 2 fully saturated rings. The molecular formula is C24H34N4O2. The van der Waals surface area contributed by atoms with Crippen LogP contribution in [0.2, 0.25) is 0 Å². The van der Waals surface area contributed by atoms with Gasteiger partial charge in [-0.15, -0.1) is 0 Å². The van der Waals surface area contributed by atoms with Crippen LogP contribution >= 0.6 is 0 Å². The van der Waals surface area contributed by atoms with Gasteiger partial charge in [0.25, 0.3) is 0 Å². The van der Waals surface area contributed by atoms with Gasteiger partial charge < -0.3 is 10.1 Å². The van der Waals surface area contributed by atoms with Gasteiger partial charge in [0.15, 0.2) is 0 Å². The average molecular weight is 411 g/mol. The molecule has 6 nitrogen and oxygen atoms in total. The highest BCUT2D eigenvalue weighted by Gasteiger charge is 2.26. The van der Waals surface area contributed by atoms with Crippen molar-refractivity contribution in [1.82, 2.24) is 14.7 Å². The molecule has 0 spiro atoms. The molecule has 1 aromatic heterocycles. The average Bonchev–Trinajstić information content (AvgIpc) is 3.42. The minimum absolute atomic E-state index is 0.163. The van der Waals surface area contributed by atoms with Crippen molar-refractivity contribution in [1.29, 1.82) is 0 Å². The maximum atomic E-state index is 12.5. The summed E-state index contributed by atoms with van der Waals surface area (Å²) in [5, 5.41) is 7.67. The molecule has 2 aromatic rings. The lowest BCUT2D eigenvalue weighted by Gasteiger charge is -2.32. The summed E-state index contributed by atoms with van der Waals surface area (Å²) in [5.74, 6) is 2.12. The number of ether oxygens (including phenoxy) is 1. The summed E-state index contributed by atoms with van der Waals surface area (Å²) in [4.78, 5) is 15.0. The molecule has 1 saturated carbocycles. The van der Waals surface area contributed by atoms with Crippen molar-refractivity contribution >= 4 is 11.7 Å². The number of hydrogen-bond donors (Lipinski definition) is 1. The summed E-state index contributed by atoms with van der Waals surface area (Å²) in [5.41, 5.74) is 1.31. The van der Waals surface area contributed by atoms with Gasteiger partial charge in [-0.1, -0.05) is 25.0 Å². The highest BCUT2D eigenvalue weighted by molar-refractivity contribution is 5.91. The molecule has 6 heteroatoms. The molecule has 1 saturated heterocycles. The Labute approximate surface area is 179 Å². The Kier molecular flexibility index (Phi) is 6.72. The van der Waals surface area contributed by atoms with E-state index in [0.29, 0.717) is 6.04 Å². The first-order valence-electron chi connectivity index (χ1n) is 11.4. The number of aromatic nitrogens is 2. The summed E-state index contributed by atoms with van der Waals surface area (Å²) in [6, 6.07) is 10.7. The normalized spacial score (nSPS) is 18.8. The second-order valence-corrected chi connectivity index (χ2v) is 8.95. The summed E-state index contributed by atoms with van der Waals surface area (Å²) in [6.45, 7) is 7.11. The molecule has 0 atom stereocenters. The molecule has 162 valence electrons. The van der Waals surface area contributed by atoms with Crippen LogP contribution in [0.4, 0.5) is 5.82 Å². The van der Waals surface area contributed by atoms with E-state index in [-0.39, 0.29) is 17.9 Å². The van der Waals surface area contributed by atoms with E-state index in [1.165, 1.54) is 18.4 Å². The number of hydrogen-bond acceptors (Lipinski definition) is 4. The second kappa shape index (κ2) is 9.65. The summed E-state index contributed by atoms with van der Waals surface area (Å²) >= 11 is 0. The Morgan fingerprint density at radius 1 is 1.10 bits per heavy atom. The van der Waals surface area contributed by atoms with Crippen molar-refractivity contribution in [3.8, 4) is 5.75 Å². The van der Waals surface area contributed by atoms with Crippen molar-refractivity contribution in [2.75, 3.05) is 18.4 Å². The van der Waals surface area contributed by atoms with Crippen molar-refractivity contribution in [3.05, 3.63) is 42.1 Å². The smallest absolute Gasteiger partial charge is 0.228 e. The van der Waals surface area contributed by atoms with Crippen LogP contribution in [0.3, 0.4) is 0 Å². The van der Waals surface area contributed by atoms with Crippen molar-refractivity contribution in [3.63, 3.8) is 0 Å². The first-order chi connectivity index (χ1) is 14.6. The van der Waals surface area contributed by atoms with Crippen LogP contribution in [-0.2, 0) is 11.3 Å². The highest BCUT2D eigenvalue weighted by atomic mass is 16.5. The number of carbonyl (C=O) groups is 1. The Bertz CT molecular complexity index is 816. The zero-order valence-corrected chi connectivity index (χ0v) is 18.2. The summed E-state index contributed by atoms with van der Waals surface area (Å²) in [7, 11) is 0. The summed E-state index contributed by atoms with van der Waals surface area (Å²) < 4.78 is 7.76. The third kappa shape index (κ3) is 5.22. The fourth-order valence-corrected chi connectivity index (χ4v) is 4.65. The van der Waals surface area contributed by atoms with Crippen LogP contribution in [0.15, 0.2) is 36.5 Å². The molecule has 30 heavy (non-hydrogen) atoms. The van der Waals surface area contributed by atoms with E-state index < -0.39 is 0 Å². The number of nitrogens with zero attached hydrogens (tertiary/aromatic N) is 3. The fraction of sp³-hybridized carbons (Fsp3) is 0.583. The highest BCUT2D eigenvalue weighted by Crippen LogP contribution is 2.29. The van der Waals surface area contributed by atoms with E-state index in [9.17, 15) is 4.79 Å². The predicted octanol–water partition coefficient (Wildman–Crippen LogP) is 4.64. The maximum Gasteiger partial charge on any atom is 0.228 e. The van der Waals surface area contributed by atoms with E-state index in [1.807, 2.05) is 24.6 Å². The Morgan fingerprint density at radius 3 is 2.47 bits per heavy atom. The number of anilines is 1. The van der Waals surface area contributed by atoms with E-state index in [1.54, 1.807) is 6.20 Å². The fourth-order valence-electron chi connectivity index (χ4n) is 4.65. The first kappa shape index (κ1) is 20.9. The zero-order chi connectivity index (χ0) is 20.9. The van der Waals surface area contributed by atoms with Crippen LogP contribution in [0.25, 0.3) is 0 Å². The molecule has 0 radical (unpaired) electrons. The molecular weight excluding hydrogens is 376 g/mol. The van der Waals surface area contributed by atoms with Gasteiger partial charge in [-0.3, -0.25) is 9.69 Å². The van der Waals surface area contributed by atoms with Crippen LogP contribution in [0.5, 0.6) is 5.75 Å². The number of piperidine rings is 1. The van der Waals surface area contributed by atoms with E-state index in [4.69, 9.17) is 4.74 Å². The van der Waals surface area contributed by atoms with Crippen LogP contribution in [0.1, 0.15) is 64.0 Å². The zero-order valence-electron chi connectivity index (χ0n) is 18.2. The van der Waals surface area contributed by atoms with E-state index in [0.717, 1.165) is 56.9 Å². The number of benzene rings is 1. The van der Waals surface area contributed by atoms with Gasteiger partial charge >= 0.3 is 0 Å². The monoisotopic (exact) mass is 410 g/mol. The molecule has 1 N–H and O–H groups in total. The Hall–Kier alpha value is -2.34. The lowest BCUT2D eigenvalue weighted by atomic mass is 10.0. The quantitative estimate of drug-likeness (QED) is 0.723. The third-order valence-corrected chi connectivity index (χ3v) is 6.25. The number of nitrogens with one attached hydrogen (secondary N) is 1. The van der Waals surface area contributed by atoms with Gasteiger partial charge in [-0.25, -0.2) is 4.68 Å². The molecule has 1 aliphatic carbocycles. The van der Waals surface area contributed by atoms with Gasteiger partial charge in [0.1, 0.15) is 11.6 Å². The van der Waals surface area contributed by atoms with Crippen LogP contribution in [-0.4, -0.2) is 39.8 Å². The standard InChI is InChI=1S/C24H34N4O2/c1-18(2)30-22-9-7-19(8-10-22)17-27-15-12-21(13-16-27)28-23(11-14-25-28)26-24(29)20-5-3-4-6-20/h7-11,14,18,20-21H,3-6,12-13,15-17H2,1-2H3,(H,26,29). The maximum absolute atomic E-state index is 12.5. The van der Waals surface area contributed by atoms with Gasteiger partial charge in [0, 0.05) is 31.6 Å².